The Bertz CT molecular complexity index is 829. The van der Waals surface area contributed by atoms with Gasteiger partial charge in [0.05, 0.1) is 6.42 Å². The Morgan fingerprint density at radius 2 is 1.77 bits per heavy atom. The zero-order chi connectivity index (χ0) is 15.7. The van der Waals surface area contributed by atoms with E-state index in [-0.39, 0.29) is 12.3 Å². The smallest absolute Gasteiger partial charge is 0.230 e. The van der Waals surface area contributed by atoms with Crippen molar-refractivity contribution in [2.75, 3.05) is 5.32 Å². The van der Waals surface area contributed by atoms with E-state index in [1.165, 1.54) is 0 Å². The van der Waals surface area contributed by atoms with E-state index >= 15 is 0 Å². The maximum absolute atomic E-state index is 12.2. The molecule has 2 aromatic carbocycles. The average Bonchev–Trinajstić information content (AvgIpc) is 2.80. The van der Waals surface area contributed by atoms with E-state index in [1.54, 1.807) is 0 Å². The SMILES string of the molecule is Cc1cc(C)cc(NC(=O)Cc2noc3ccc(C)cc23)c1. The zero-order valence-electron chi connectivity index (χ0n) is 12.9. The number of hydrogen-bond acceptors (Lipinski definition) is 3. The number of anilines is 1. The quantitative estimate of drug-likeness (QED) is 0.796. The summed E-state index contributed by atoms with van der Waals surface area (Å²) in [6.07, 6.45) is 0.198. The fourth-order valence-electron chi connectivity index (χ4n) is 2.63. The molecular weight excluding hydrogens is 276 g/mol. The van der Waals surface area contributed by atoms with Crippen LogP contribution in [0.2, 0.25) is 0 Å². The molecule has 1 aromatic heterocycles. The molecular formula is C18H18N2O2. The molecule has 0 atom stereocenters. The van der Waals surface area contributed by atoms with Gasteiger partial charge in [-0.25, -0.2) is 0 Å². The van der Waals surface area contributed by atoms with Gasteiger partial charge in [0.2, 0.25) is 5.91 Å². The van der Waals surface area contributed by atoms with E-state index in [4.69, 9.17) is 4.52 Å². The molecule has 1 N–H and O–H groups in total. The van der Waals surface area contributed by atoms with E-state index in [0.717, 1.165) is 27.8 Å². The van der Waals surface area contributed by atoms with Crippen molar-refractivity contribution < 1.29 is 9.32 Å². The molecule has 3 aromatic rings. The molecule has 1 heterocycles. The predicted molar refractivity (Wildman–Crippen MR) is 87.0 cm³/mol. The van der Waals surface area contributed by atoms with E-state index in [2.05, 4.69) is 16.5 Å². The van der Waals surface area contributed by atoms with Crippen LogP contribution < -0.4 is 5.32 Å². The summed E-state index contributed by atoms with van der Waals surface area (Å²) in [5.74, 6) is -0.0956. The molecule has 112 valence electrons. The van der Waals surface area contributed by atoms with E-state index < -0.39 is 0 Å². The predicted octanol–water partition coefficient (Wildman–Crippen LogP) is 3.93. The molecule has 0 aliphatic carbocycles. The highest BCUT2D eigenvalue weighted by molar-refractivity contribution is 5.94. The summed E-state index contributed by atoms with van der Waals surface area (Å²) >= 11 is 0. The van der Waals surface area contributed by atoms with Gasteiger partial charge >= 0.3 is 0 Å². The normalized spacial score (nSPS) is 10.9. The van der Waals surface area contributed by atoms with Crippen molar-refractivity contribution in [1.29, 1.82) is 0 Å². The number of hydrogen-bond donors (Lipinski definition) is 1. The van der Waals surface area contributed by atoms with Crippen molar-refractivity contribution >= 4 is 22.6 Å². The summed E-state index contributed by atoms with van der Waals surface area (Å²) in [6, 6.07) is 11.8. The number of carbonyl (C=O) groups is 1. The summed E-state index contributed by atoms with van der Waals surface area (Å²) in [5.41, 5.74) is 5.55. The van der Waals surface area contributed by atoms with Crippen molar-refractivity contribution in [3.8, 4) is 0 Å². The van der Waals surface area contributed by atoms with Gasteiger partial charge in [-0.3, -0.25) is 4.79 Å². The van der Waals surface area contributed by atoms with Crippen molar-refractivity contribution in [1.82, 2.24) is 5.16 Å². The minimum absolute atomic E-state index is 0.0956. The third-order valence-corrected chi connectivity index (χ3v) is 3.53. The molecule has 3 rings (SSSR count). The molecule has 0 spiro atoms. The number of amides is 1. The number of nitrogens with one attached hydrogen (secondary N) is 1. The lowest BCUT2D eigenvalue weighted by Gasteiger charge is -2.06. The maximum Gasteiger partial charge on any atom is 0.230 e. The summed E-state index contributed by atoms with van der Waals surface area (Å²) in [5, 5.41) is 7.84. The van der Waals surface area contributed by atoms with Crippen LogP contribution in [0.5, 0.6) is 0 Å². The van der Waals surface area contributed by atoms with Gasteiger partial charge in [-0.1, -0.05) is 22.9 Å². The van der Waals surface area contributed by atoms with E-state index in [9.17, 15) is 4.79 Å². The molecule has 0 unspecified atom stereocenters. The Morgan fingerprint density at radius 3 is 2.50 bits per heavy atom. The largest absolute Gasteiger partial charge is 0.356 e. The summed E-state index contributed by atoms with van der Waals surface area (Å²) in [6.45, 7) is 6.03. The molecule has 0 aliphatic heterocycles. The first-order chi connectivity index (χ1) is 10.5. The summed E-state index contributed by atoms with van der Waals surface area (Å²) in [7, 11) is 0. The van der Waals surface area contributed by atoms with Crippen LogP contribution in [-0.4, -0.2) is 11.1 Å². The van der Waals surface area contributed by atoms with Gasteiger partial charge in [0, 0.05) is 11.1 Å². The minimum Gasteiger partial charge on any atom is -0.356 e. The first-order valence-electron chi connectivity index (χ1n) is 7.24. The lowest BCUT2D eigenvalue weighted by atomic mass is 10.1. The van der Waals surface area contributed by atoms with Gasteiger partial charge in [0.25, 0.3) is 0 Å². The Hall–Kier alpha value is -2.62. The summed E-state index contributed by atoms with van der Waals surface area (Å²) < 4.78 is 5.26. The van der Waals surface area contributed by atoms with Crippen LogP contribution >= 0.6 is 0 Å². The van der Waals surface area contributed by atoms with Crippen LogP contribution in [-0.2, 0) is 11.2 Å². The number of benzene rings is 2. The number of rotatable bonds is 3. The second kappa shape index (κ2) is 5.64. The second-order valence-electron chi connectivity index (χ2n) is 5.73. The molecule has 22 heavy (non-hydrogen) atoms. The van der Waals surface area contributed by atoms with Crippen molar-refractivity contribution in [2.45, 2.75) is 27.2 Å². The molecule has 4 nitrogen and oxygen atoms in total. The maximum atomic E-state index is 12.2. The van der Waals surface area contributed by atoms with Crippen LogP contribution in [0.25, 0.3) is 11.0 Å². The first kappa shape index (κ1) is 14.3. The van der Waals surface area contributed by atoms with E-state index in [0.29, 0.717) is 11.3 Å². The fraction of sp³-hybridized carbons (Fsp3) is 0.222. The lowest BCUT2D eigenvalue weighted by Crippen LogP contribution is -2.15. The van der Waals surface area contributed by atoms with Gasteiger partial charge in [-0.15, -0.1) is 0 Å². The minimum atomic E-state index is -0.0956. The van der Waals surface area contributed by atoms with Crippen molar-refractivity contribution in [3.63, 3.8) is 0 Å². The van der Waals surface area contributed by atoms with Gasteiger partial charge in [-0.05, 0) is 56.2 Å². The van der Waals surface area contributed by atoms with Crippen LogP contribution in [0.3, 0.4) is 0 Å². The number of fused-ring (bicyclic) bond motifs is 1. The molecule has 0 radical (unpaired) electrons. The Morgan fingerprint density at radius 1 is 1.05 bits per heavy atom. The Labute approximate surface area is 129 Å². The van der Waals surface area contributed by atoms with Crippen molar-refractivity contribution in [3.05, 3.63) is 58.8 Å². The molecule has 0 aliphatic rings. The highest BCUT2D eigenvalue weighted by Crippen LogP contribution is 2.21. The number of aromatic nitrogens is 1. The highest BCUT2D eigenvalue weighted by atomic mass is 16.5. The lowest BCUT2D eigenvalue weighted by molar-refractivity contribution is -0.115. The van der Waals surface area contributed by atoms with E-state index in [1.807, 2.05) is 51.1 Å². The standard InChI is InChI=1S/C18H18N2O2/c1-11-4-5-17-15(9-11)16(20-22-17)10-18(21)19-14-7-12(2)6-13(3)8-14/h4-9H,10H2,1-3H3,(H,19,21). The average molecular weight is 294 g/mol. The molecule has 0 saturated heterocycles. The molecule has 4 heteroatoms. The highest BCUT2D eigenvalue weighted by Gasteiger charge is 2.13. The molecule has 0 saturated carbocycles. The van der Waals surface area contributed by atoms with Crippen LogP contribution in [0, 0.1) is 20.8 Å². The zero-order valence-corrected chi connectivity index (χ0v) is 12.9. The van der Waals surface area contributed by atoms with Crippen LogP contribution in [0.15, 0.2) is 40.9 Å². The third-order valence-electron chi connectivity index (χ3n) is 3.53. The first-order valence-corrected chi connectivity index (χ1v) is 7.24. The van der Waals surface area contributed by atoms with Gasteiger partial charge in [0.1, 0.15) is 5.69 Å². The van der Waals surface area contributed by atoms with Crippen LogP contribution in [0.4, 0.5) is 5.69 Å². The van der Waals surface area contributed by atoms with Gasteiger partial charge < -0.3 is 9.84 Å². The number of nitrogens with zero attached hydrogens (tertiary/aromatic N) is 1. The monoisotopic (exact) mass is 294 g/mol. The number of aryl methyl sites for hydroxylation is 3. The number of carbonyl (C=O) groups excluding carboxylic acids is 1. The van der Waals surface area contributed by atoms with Gasteiger partial charge in [-0.2, -0.15) is 0 Å². The topological polar surface area (TPSA) is 55.1 Å². The third kappa shape index (κ3) is 3.01. The molecule has 0 bridgehead atoms. The van der Waals surface area contributed by atoms with Gasteiger partial charge in [0.15, 0.2) is 5.58 Å². The van der Waals surface area contributed by atoms with Crippen molar-refractivity contribution in [2.24, 2.45) is 0 Å². The Kier molecular flexibility index (Phi) is 3.67. The fourth-order valence-corrected chi connectivity index (χ4v) is 2.63. The second-order valence-corrected chi connectivity index (χ2v) is 5.73. The Balaban J connectivity index is 1.79. The molecule has 0 fully saturated rings. The van der Waals surface area contributed by atoms with Crippen LogP contribution in [0.1, 0.15) is 22.4 Å². The summed E-state index contributed by atoms with van der Waals surface area (Å²) in [4.78, 5) is 12.2. The molecule has 1 amide bonds.